The number of alkyl halides is 9. The second-order valence-electron chi connectivity index (χ2n) is 12.4. The van der Waals surface area contributed by atoms with Crippen molar-refractivity contribution in [1.29, 1.82) is 0 Å². The molecule has 6 rings (SSSR count). The zero-order chi connectivity index (χ0) is 43.3. The number of benzene rings is 5. The number of hydrogen-bond acceptors (Lipinski definition) is 8. The molecule has 0 saturated carbocycles. The van der Waals surface area contributed by atoms with E-state index in [-0.39, 0.29) is 46.9 Å². The first-order valence-electron chi connectivity index (χ1n) is 16.7. The summed E-state index contributed by atoms with van der Waals surface area (Å²) in [5.41, 5.74) is 6.49. The van der Waals surface area contributed by atoms with Crippen LogP contribution in [0.4, 0.5) is 59.7 Å². The van der Waals surface area contributed by atoms with Crippen LogP contribution < -0.4 is 29.6 Å². The summed E-state index contributed by atoms with van der Waals surface area (Å²) in [6, 6.07) is 20.3. The van der Waals surface area contributed by atoms with E-state index in [1.165, 1.54) is 42.5 Å². The van der Waals surface area contributed by atoms with Gasteiger partial charge in [-0.1, -0.05) is 42.5 Å². The molecule has 0 fully saturated rings. The number of ether oxygens (including phenoxy) is 4. The highest BCUT2D eigenvalue weighted by molar-refractivity contribution is 9.10. The van der Waals surface area contributed by atoms with Crippen LogP contribution >= 0.6 is 15.9 Å². The molecular weight excluding hydrogens is 881 g/mol. The van der Waals surface area contributed by atoms with Crippen molar-refractivity contribution in [3.05, 3.63) is 130 Å². The monoisotopic (exact) mass is 908 g/mol. The highest BCUT2D eigenvalue weighted by Gasteiger charge is 2.42. The maximum absolute atomic E-state index is 13.8. The van der Waals surface area contributed by atoms with Crippen LogP contribution in [0.15, 0.2) is 108 Å². The summed E-state index contributed by atoms with van der Waals surface area (Å²) >= 11 is 3.24. The molecule has 0 amide bonds. The van der Waals surface area contributed by atoms with Gasteiger partial charge in [0, 0.05) is 17.2 Å². The molecule has 5 aromatic carbocycles. The summed E-state index contributed by atoms with van der Waals surface area (Å²) in [6.07, 6.45) is -17.6. The highest BCUT2D eigenvalue weighted by Crippen LogP contribution is 2.46. The number of para-hydroxylation sites is 2. The molecule has 0 saturated heterocycles. The number of nitrogen functional groups attached to an aromatic ring is 1. The van der Waals surface area contributed by atoms with E-state index >= 15 is 0 Å². The van der Waals surface area contributed by atoms with E-state index in [0.29, 0.717) is 22.0 Å². The number of halogens is 12. The van der Waals surface area contributed by atoms with Crippen molar-refractivity contribution in [3.63, 3.8) is 0 Å². The lowest BCUT2D eigenvalue weighted by molar-refractivity contribution is -0.275. The lowest BCUT2D eigenvalue weighted by atomic mass is 9.98. The summed E-state index contributed by atoms with van der Waals surface area (Å²) < 4.78 is 161. The van der Waals surface area contributed by atoms with E-state index < -0.39 is 66.5 Å². The molecule has 2 atom stereocenters. The average molecular weight is 910 g/mol. The molecule has 5 aromatic rings. The van der Waals surface area contributed by atoms with Gasteiger partial charge in [0.15, 0.2) is 30.0 Å². The number of ketones is 1. The van der Waals surface area contributed by atoms with Crippen LogP contribution in [0, 0.1) is 11.6 Å². The minimum absolute atomic E-state index is 0.00387. The topological polar surface area (TPSA) is 103 Å². The van der Waals surface area contributed by atoms with E-state index in [4.69, 9.17) is 15.2 Å². The molecule has 0 spiro atoms. The predicted octanol–water partition coefficient (Wildman–Crippen LogP) is 10.6. The Morgan fingerprint density at radius 2 is 1.41 bits per heavy atom. The predicted molar refractivity (Wildman–Crippen MR) is 194 cm³/mol. The minimum atomic E-state index is -4.99. The lowest BCUT2D eigenvalue weighted by Crippen LogP contribution is -2.46. The first-order chi connectivity index (χ1) is 27.6. The Labute approximate surface area is 335 Å². The fourth-order valence-electron chi connectivity index (χ4n) is 5.74. The molecule has 3 N–H and O–H groups in total. The van der Waals surface area contributed by atoms with Gasteiger partial charge in [0.25, 0.3) is 0 Å². The molecule has 0 bridgehead atoms. The van der Waals surface area contributed by atoms with Crippen molar-refractivity contribution in [3.8, 4) is 34.1 Å². The lowest BCUT2D eigenvalue weighted by Gasteiger charge is -2.40. The highest BCUT2D eigenvalue weighted by atomic mass is 79.9. The molecule has 20 heteroatoms. The molecule has 314 valence electrons. The van der Waals surface area contributed by atoms with Crippen molar-refractivity contribution in [2.75, 3.05) is 30.4 Å². The zero-order valence-corrected chi connectivity index (χ0v) is 31.2. The first-order valence-corrected chi connectivity index (χ1v) is 17.5. The Bertz CT molecular complexity index is 2230. The van der Waals surface area contributed by atoms with Gasteiger partial charge >= 0.3 is 18.9 Å². The third-order valence-electron chi connectivity index (χ3n) is 8.20. The second-order valence-corrected chi connectivity index (χ2v) is 13.3. The van der Waals surface area contributed by atoms with Gasteiger partial charge in [0.05, 0.1) is 28.4 Å². The van der Waals surface area contributed by atoms with E-state index in [1.807, 2.05) is 0 Å². The molecule has 59 heavy (non-hydrogen) atoms. The Balaban J connectivity index is 0.000000248. The van der Waals surface area contributed by atoms with Crippen LogP contribution in [0.25, 0.3) is 11.1 Å². The number of anilines is 2. The number of nitrogens with two attached hydrogens (primary N) is 1. The SMILES string of the molecule is Nc1cccc(Br)c1OCC(=O)c1cccc(OC(F)(F)F)c1.O[C@@H](CN1c2cccc(-c3cc(F)cc(F)c3)c2OC[C@@H]1c1cccc(OC(F)(F)F)c1)C(F)(F)F. The maximum Gasteiger partial charge on any atom is 0.573 e. The first kappa shape index (κ1) is 44.3. The van der Waals surface area contributed by atoms with E-state index in [2.05, 4.69) is 25.4 Å². The summed E-state index contributed by atoms with van der Waals surface area (Å²) in [7, 11) is 0. The third-order valence-corrected chi connectivity index (χ3v) is 8.82. The molecular formula is C39H28BrF11N2O6. The van der Waals surface area contributed by atoms with Crippen LogP contribution in [-0.4, -0.2) is 55.7 Å². The fraction of sp³-hybridized carbons (Fsp3) is 0.205. The second kappa shape index (κ2) is 18.0. The largest absolute Gasteiger partial charge is 0.573 e. The Morgan fingerprint density at radius 1 is 0.814 bits per heavy atom. The van der Waals surface area contributed by atoms with Crippen molar-refractivity contribution >= 4 is 33.1 Å². The number of aliphatic hydroxyl groups excluding tert-OH is 1. The number of carbonyl (C=O) groups excluding carboxylic acids is 1. The number of rotatable bonds is 10. The smallest absolute Gasteiger partial charge is 0.488 e. The van der Waals surface area contributed by atoms with Crippen LogP contribution in [0.3, 0.4) is 0 Å². The van der Waals surface area contributed by atoms with Gasteiger partial charge in [-0.25, -0.2) is 8.78 Å². The van der Waals surface area contributed by atoms with Crippen molar-refractivity contribution in [2.45, 2.75) is 31.0 Å². The molecule has 8 nitrogen and oxygen atoms in total. The fourth-order valence-corrected chi connectivity index (χ4v) is 6.23. The Hall–Kier alpha value is -5.76. The molecule has 1 heterocycles. The number of aliphatic hydroxyl groups is 1. The minimum Gasteiger partial charge on any atom is -0.488 e. The van der Waals surface area contributed by atoms with E-state index in [9.17, 15) is 58.2 Å². The van der Waals surface area contributed by atoms with Crippen LogP contribution in [-0.2, 0) is 0 Å². The van der Waals surface area contributed by atoms with Crippen molar-refractivity contribution in [1.82, 2.24) is 0 Å². The number of carbonyl (C=O) groups is 1. The molecule has 0 unspecified atom stereocenters. The third kappa shape index (κ3) is 12.1. The average Bonchev–Trinajstić information content (AvgIpc) is 3.12. The number of fused-ring (bicyclic) bond motifs is 1. The van der Waals surface area contributed by atoms with Crippen molar-refractivity contribution in [2.24, 2.45) is 0 Å². The number of nitrogens with zero attached hydrogens (tertiary/aromatic N) is 1. The molecule has 0 aliphatic carbocycles. The number of Topliss-reactive ketones (excluding diaryl/α,β-unsaturated/α-hetero) is 1. The molecule has 1 aliphatic heterocycles. The summed E-state index contributed by atoms with van der Waals surface area (Å²) in [4.78, 5) is 13.2. The van der Waals surface area contributed by atoms with E-state index in [1.54, 1.807) is 18.2 Å². The van der Waals surface area contributed by atoms with Gasteiger partial charge in [0.1, 0.15) is 29.7 Å². The van der Waals surface area contributed by atoms with Gasteiger partial charge in [-0.3, -0.25) is 4.79 Å². The van der Waals surface area contributed by atoms with Gasteiger partial charge in [-0.15, -0.1) is 26.3 Å². The summed E-state index contributed by atoms with van der Waals surface area (Å²) in [5, 5.41) is 9.81. The normalized spacial score (nSPS) is 14.6. The van der Waals surface area contributed by atoms with Gasteiger partial charge in [-0.05, 0) is 81.7 Å². The van der Waals surface area contributed by atoms with Gasteiger partial charge in [-0.2, -0.15) is 13.2 Å². The van der Waals surface area contributed by atoms with Crippen LogP contribution in [0.2, 0.25) is 0 Å². The standard InChI is InChI=1S/C24H17F8NO3.C15H11BrF3NO3/c25-15-7-14(8-16(26)10-15)18-5-2-6-19-22(18)35-12-20(33(19)11-21(34)23(27,28)29)13-3-1-4-17(9-13)36-24(30,31)32;16-11-5-2-6-12(20)14(11)22-8-13(21)9-3-1-4-10(7-9)23-15(17,18)19/h1-10,20-21,34H,11-12H2;1-7H,8,20H2/t20-,21+;/m1./s1. The molecule has 0 aromatic heterocycles. The van der Waals surface area contributed by atoms with Crippen LogP contribution in [0.1, 0.15) is 22.0 Å². The van der Waals surface area contributed by atoms with Gasteiger partial charge in [0.2, 0.25) is 0 Å². The Kier molecular flexibility index (Phi) is 13.5. The summed E-state index contributed by atoms with van der Waals surface area (Å²) in [5.74, 6) is -3.05. The Morgan fingerprint density at radius 3 is 2.02 bits per heavy atom. The zero-order valence-electron chi connectivity index (χ0n) is 29.6. The van der Waals surface area contributed by atoms with Crippen molar-refractivity contribution < 1.29 is 77.1 Å². The van der Waals surface area contributed by atoms with E-state index in [0.717, 1.165) is 41.3 Å². The maximum atomic E-state index is 13.8. The van der Waals surface area contributed by atoms with Gasteiger partial charge < -0.3 is 34.7 Å². The van der Waals surface area contributed by atoms with Crippen LogP contribution in [0.5, 0.6) is 23.0 Å². The quantitative estimate of drug-likeness (QED) is 0.0811. The number of hydrogen-bond donors (Lipinski definition) is 2. The molecule has 1 aliphatic rings. The molecule has 0 radical (unpaired) electrons. The summed E-state index contributed by atoms with van der Waals surface area (Å²) in [6.45, 7) is -1.71. The number of β-amino-alcohol motifs (C(OH)–C–C–N with tert-alkyl or cyclic N) is 1.